The van der Waals surface area contributed by atoms with Crippen molar-refractivity contribution in [3.8, 4) is 11.3 Å². The minimum absolute atomic E-state index is 0.187. The Morgan fingerprint density at radius 2 is 2.33 bits per heavy atom. The highest BCUT2D eigenvalue weighted by atomic mass is 35.5. The molecule has 4 nitrogen and oxygen atoms in total. The average Bonchev–Trinajstić information content (AvgIpc) is 2.91. The van der Waals surface area contributed by atoms with Gasteiger partial charge in [0.25, 0.3) is 0 Å². The number of likely N-dealkylation sites (tertiary alicyclic amines) is 1. The van der Waals surface area contributed by atoms with Gasteiger partial charge in [-0.3, -0.25) is 4.90 Å². The molecule has 0 radical (unpaired) electrons. The summed E-state index contributed by atoms with van der Waals surface area (Å²) < 4.78 is 5.82. The van der Waals surface area contributed by atoms with Gasteiger partial charge in [0.1, 0.15) is 0 Å². The first-order chi connectivity index (χ1) is 10.1. The van der Waals surface area contributed by atoms with Crippen LogP contribution in [0.4, 0.5) is 0 Å². The Balaban J connectivity index is 1.68. The monoisotopic (exact) mass is 306 g/mol. The van der Waals surface area contributed by atoms with Crippen molar-refractivity contribution in [2.75, 3.05) is 13.1 Å². The van der Waals surface area contributed by atoms with E-state index in [0.29, 0.717) is 23.4 Å². The van der Waals surface area contributed by atoms with Crippen LogP contribution in [0.15, 0.2) is 34.9 Å². The van der Waals surface area contributed by atoms with Gasteiger partial charge in [0.15, 0.2) is 5.76 Å². The van der Waals surface area contributed by atoms with Gasteiger partial charge in [0.2, 0.25) is 5.89 Å². The van der Waals surface area contributed by atoms with E-state index in [4.69, 9.17) is 16.0 Å². The zero-order chi connectivity index (χ0) is 14.8. The van der Waals surface area contributed by atoms with Gasteiger partial charge in [-0.2, -0.15) is 0 Å². The first kappa shape index (κ1) is 14.6. The van der Waals surface area contributed by atoms with Crippen LogP contribution >= 0.6 is 11.6 Å². The summed E-state index contributed by atoms with van der Waals surface area (Å²) in [5.41, 5.74) is 0.934. The molecule has 1 saturated heterocycles. The summed E-state index contributed by atoms with van der Waals surface area (Å²) in [4.78, 5) is 6.62. The molecule has 0 aliphatic carbocycles. The zero-order valence-electron chi connectivity index (χ0n) is 12.0. The quantitative estimate of drug-likeness (QED) is 0.946. The number of oxazole rings is 1. The molecule has 1 aliphatic rings. The van der Waals surface area contributed by atoms with E-state index in [1.165, 1.54) is 0 Å². The Kier molecular flexibility index (Phi) is 4.29. The normalized spacial score (nSPS) is 23.4. The molecule has 1 aromatic heterocycles. The summed E-state index contributed by atoms with van der Waals surface area (Å²) in [7, 11) is 0. The van der Waals surface area contributed by atoms with Gasteiger partial charge in [0, 0.05) is 23.7 Å². The second kappa shape index (κ2) is 6.18. The number of hydrogen-bond donors (Lipinski definition) is 1. The van der Waals surface area contributed by atoms with E-state index in [1.54, 1.807) is 6.20 Å². The van der Waals surface area contributed by atoms with Crippen LogP contribution in [0.1, 0.15) is 19.2 Å². The molecule has 2 atom stereocenters. The summed E-state index contributed by atoms with van der Waals surface area (Å²) in [6.45, 7) is 4.50. The third-order valence-corrected chi connectivity index (χ3v) is 4.20. The molecule has 0 spiro atoms. The van der Waals surface area contributed by atoms with Gasteiger partial charge < -0.3 is 9.52 Å². The van der Waals surface area contributed by atoms with Crippen LogP contribution in [-0.4, -0.2) is 34.2 Å². The fourth-order valence-corrected chi connectivity index (χ4v) is 2.90. The highest BCUT2D eigenvalue weighted by Gasteiger charge is 2.25. The Morgan fingerprint density at radius 3 is 3.10 bits per heavy atom. The van der Waals surface area contributed by atoms with E-state index in [9.17, 15) is 5.11 Å². The summed E-state index contributed by atoms with van der Waals surface area (Å²) in [6, 6.07) is 7.55. The molecule has 1 aliphatic heterocycles. The van der Waals surface area contributed by atoms with Crippen LogP contribution in [0.5, 0.6) is 0 Å². The molecule has 112 valence electrons. The molecule has 2 heterocycles. The molecule has 2 aromatic rings. The molecule has 0 bridgehead atoms. The van der Waals surface area contributed by atoms with E-state index in [0.717, 1.165) is 30.8 Å². The van der Waals surface area contributed by atoms with Crippen LogP contribution in [0, 0.1) is 5.92 Å². The minimum Gasteiger partial charge on any atom is -0.439 e. The average molecular weight is 307 g/mol. The summed E-state index contributed by atoms with van der Waals surface area (Å²) in [5.74, 6) is 1.73. The molecular weight excluding hydrogens is 288 g/mol. The predicted molar refractivity (Wildman–Crippen MR) is 82.0 cm³/mol. The lowest BCUT2D eigenvalue weighted by Gasteiger charge is -2.33. The third-order valence-electron chi connectivity index (χ3n) is 3.97. The topological polar surface area (TPSA) is 49.5 Å². The maximum Gasteiger partial charge on any atom is 0.209 e. The summed E-state index contributed by atoms with van der Waals surface area (Å²) in [5, 5.41) is 10.4. The first-order valence-electron chi connectivity index (χ1n) is 7.23. The molecule has 1 N–H and O–H groups in total. The van der Waals surface area contributed by atoms with Gasteiger partial charge in [-0.1, -0.05) is 30.7 Å². The van der Waals surface area contributed by atoms with Gasteiger partial charge >= 0.3 is 0 Å². The first-order valence-corrected chi connectivity index (χ1v) is 7.60. The van der Waals surface area contributed by atoms with Crippen LogP contribution in [0.3, 0.4) is 0 Å². The van der Waals surface area contributed by atoms with Gasteiger partial charge in [0.05, 0.1) is 18.8 Å². The number of hydrogen-bond acceptors (Lipinski definition) is 4. The Morgan fingerprint density at radius 1 is 1.48 bits per heavy atom. The second-order valence-electron chi connectivity index (χ2n) is 5.70. The van der Waals surface area contributed by atoms with Crippen molar-refractivity contribution in [1.29, 1.82) is 0 Å². The van der Waals surface area contributed by atoms with Gasteiger partial charge in [-0.15, -0.1) is 0 Å². The van der Waals surface area contributed by atoms with E-state index in [-0.39, 0.29) is 6.10 Å². The van der Waals surface area contributed by atoms with Gasteiger partial charge in [-0.05, 0) is 24.5 Å². The van der Waals surface area contributed by atoms with Crippen LogP contribution < -0.4 is 0 Å². The number of benzene rings is 1. The number of aliphatic hydroxyl groups excluding tert-OH is 1. The molecule has 1 aromatic carbocycles. The number of piperidine rings is 1. The number of nitrogens with zero attached hydrogens (tertiary/aromatic N) is 2. The largest absolute Gasteiger partial charge is 0.439 e. The smallest absolute Gasteiger partial charge is 0.209 e. The molecule has 1 fully saturated rings. The van der Waals surface area contributed by atoms with Crippen molar-refractivity contribution in [1.82, 2.24) is 9.88 Å². The van der Waals surface area contributed by atoms with Crippen molar-refractivity contribution >= 4 is 11.6 Å². The van der Waals surface area contributed by atoms with Crippen molar-refractivity contribution < 1.29 is 9.52 Å². The highest BCUT2D eigenvalue weighted by molar-refractivity contribution is 6.30. The Hall–Kier alpha value is -1.36. The zero-order valence-corrected chi connectivity index (χ0v) is 12.8. The maximum absolute atomic E-state index is 9.76. The Bertz CT molecular complexity index is 614. The summed E-state index contributed by atoms with van der Waals surface area (Å²) >= 11 is 5.99. The molecule has 5 heteroatoms. The standard InChI is InChI=1S/C16H19ClN2O2/c1-11-9-19(6-5-14(11)20)10-16-18-8-15(21-16)12-3-2-4-13(17)7-12/h2-4,7-8,11,14,20H,5-6,9-10H2,1H3. The number of aromatic nitrogens is 1. The van der Waals surface area contributed by atoms with E-state index < -0.39 is 0 Å². The molecule has 3 rings (SSSR count). The SMILES string of the molecule is CC1CN(Cc2ncc(-c3cccc(Cl)c3)o2)CCC1O. The molecular formula is C16H19ClN2O2. The van der Waals surface area contributed by atoms with Crippen LogP contribution in [0.25, 0.3) is 11.3 Å². The molecule has 0 amide bonds. The van der Waals surface area contributed by atoms with E-state index in [2.05, 4.69) is 16.8 Å². The van der Waals surface area contributed by atoms with Crippen molar-refractivity contribution in [3.63, 3.8) is 0 Å². The number of rotatable bonds is 3. The van der Waals surface area contributed by atoms with Crippen LogP contribution in [-0.2, 0) is 6.54 Å². The molecule has 2 unspecified atom stereocenters. The summed E-state index contributed by atoms with van der Waals surface area (Å²) in [6.07, 6.45) is 2.36. The van der Waals surface area contributed by atoms with E-state index in [1.807, 2.05) is 24.3 Å². The van der Waals surface area contributed by atoms with E-state index >= 15 is 0 Å². The van der Waals surface area contributed by atoms with Crippen molar-refractivity contribution in [2.24, 2.45) is 5.92 Å². The Labute approximate surface area is 129 Å². The lowest BCUT2D eigenvalue weighted by Crippen LogP contribution is -2.41. The predicted octanol–water partition coefficient (Wildman–Crippen LogP) is 3.20. The lowest BCUT2D eigenvalue weighted by atomic mass is 9.97. The fourth-order valence-electron chi connectivity index (χ4n) is 2.71. The molecule has 0 saturated carbocycles. The van der Waals surface area contributed by atoms with Crippen LogP contribution in [0.2, 0.25) is 5.02 Å². The minimum atomic E-state index is -0.187. The maximum atomic E-state index is 9.76. The fraction of sp³-hybridized carbons (Fsp3) is 0.438. The second-order valence-corrected chi connectivity index (χ2v) is 6.13. The molecule has 21 heavy (non-hydrogen) atoms. The van der Waals surface area contributed by atoms with Crippen molar-refractivity contribution in [2.45, 2.75) is 26.0 Å². The number of aliphatic hydroxyl groups is 1. The third kappa shape index (κ3) is 3.46. The lowest BCUT2D eigenvalue weighted by molar-refractivity contribution is 0.0290. The van der Waals surface area contributed by atoms with Crippen molar-refractivity contribution in [3.05, 3.63) is 41.4 Å². The number of halogens is 1. The highest BCUT2D eigenvalue weighted by Crippen LogP contribution is 2.24. The van der Waals surface area contributed by atoms with Gasteiger partial charge in [-0.25, -0.2) is 4.98 Å².